The van der Waals surface area contributed by atoms with Gasteiger partial charge in [-0.2, -0.15) is 0 Å². The number of ether oxygens (including phenoxy) is 2. The Morgan fingerprint density at radius 2 is 1.10 bits per heavy atom. The third-order valence-electron chi connectivity index (χ3n) is 4.79. The summed E-state index contributed by atoms with van der Waals surface area (Å²) in [4.78, 5) is 10.7. The molecule has 4 nitrogen and oxygen atoms in total. The molecule has 0 unspecified atom stereocenters. The van der Waals surface area contributed by atoms with Crippen molar-refractivity contribution in [3.05, 3.63) is 12.7 Å². The minimum absolute atomic E-state index is 0.150. The predicted molar refractivity (Wildman–Crippen MR) is 124 cm³/mol. The molecule has 0 aliphatic rings. The summed E-state index contributed by atoms with van der Waals surface area (Å²) < 4.78 is 10.1. The Morgan fingerprint density at radius 3 is 1.52 bits per heavy atom. The lowest BCUT2D eigenvalue weighted by Gasteiger charge is -2.02. The maximum absolute atomic E-state index is 10.7. The highest BCUT2D eigenvalue weighted by Crippen LogP contribution is 2.09. The van der Waals surface area contributed by atoms with E-state index in [0.717, 1.165) is 25.9 Å². The van der Waals surface area contributed by atoms with Gasteiger partial charge in [0, 0.05) is 12.7 Å². The Balaban J connectivity index is 0. The van der Waals surface area contributed by atoms with Crippen LogP contribution in [0.4, 0.5) is 0 Å². The molecule has 0 aliphatic heterocycles. The van der Waals surface area contributed by atoms with Gasteiger partial charge in [0.05, 0.1) is 19.8 Å². The van der Waals surface area contributed by atoms with E-state index in [9.17, 15) is 4.79 Å². The molecule has 0 rings (SSSR count). The van der Waals surface area contributed by atoms with E-state index in [1.807, 2.05) is 0 Å². The van der Waals surface area contributed by atoms with E-state index in [-0.39, 0.29) is 12.6 Å². The van der Waals surface area contributed by atoms with Crippen LogP contribution < -0.4 is 0 Å². The van der Waals surface area contributed by atoms with Crippen LogP contribution in [0.5, 0.6) is 0 Å². The average Bonchev–Trinajstić information content (AvgIpc) is 2.74. The molecule has 0 bridgehead atoms. The van der Waals surface area contributed by atoms with Crippen LogP contribution in [0, 0.1) is 0 Å². The highest BCUT2D eigenvalue weighted by Gasteiger charge is 1.95. The first-order valence-electron chi connectivity index (χ1n) is 12.2. The van der Waals surface area contributed by atoms with Crippen molar-refractivity contribution in [2.24, 2.45) is 0 Å². The molecule has 4 heteroatoms. The van der Waals surface area contributed by atoms with Gasteiger partial charge in [0.25, 0.3) is 0 Å². The molecule has 0 radical (unpaired) electrons. The molecular weight excluding hydrogens is 364 g/mol. The van der Waals surface area contributed by atoms with Crippen LogP contribution in [-0.2, 0) is 14.3 Å². The fourth-order valence-corrected chi connectivity index (χ4v) is 2.97. The van der Waals surface area contributed by atoms with Crippen LogP contribution in [0.3, 0.4) is 0 Å². The number of aliphatic hydroxyl groups excluding tert-OH is 1. The Bertz CT molecular complexity index is 306. The molecule has 0 aromatic rings. The molecule has 0 aliphatic carbocycles. The van der Waals surface area contributed by atoms with E-state index in [1.54, 1.807) is 0 Å². The molecule has 174 valence electrons. The van der Waals surface area contributed by atoms with Crippen LogP contribution in [0.15, 0.2) is 12.7 Å². The standard InChI is InChI=1S/C13H24O2.C12H26O2/c1-3-5-6-7-8-9-10-11-12-15-13(14)4-2;1-2-3-4-5-6-7-8-9-11-14-12-10-13/h4H,2-3,5-12H2,1H3;13H,2-12H2,1H3. The highest BCUT2D eigenvalue weighted by atomic mass is 16.5. The van der Waals surface area contributed by atoms with Crippen molar-refractivity contribution in [2.45, 2.75) is 117 Å². The molecule has 0 saturated carbocycles. The maximum atomic E-state index is 10.7. The van der Waals surface area contributed by atoms with E-state index in [1.165, 1.54) is 89.5 Å². The number of hydrogen-bond acceptors (Lipinski definition) is 4. The predicted octanol–water partition coefficient (Wildman–Crippen LogP) is 6.99. The van der Waals surface area contributed by atoms with Crippen molar-refractivity contribution in [1.82, 2.24) is 0 Å². The molecule has 0 amide bonds. The first kappa shape index (κ1) is 30.3. The van der Waals surface area contributed by atoms with E-state index in [4.69, 9.17) is 14.6 Å². The minimum atomic E-state index is -0.307. The minimum Gasteiger partial charge on any atom is -0.463 e. The summed E-state index contributed by atoms with van der Waals surface area (Å²) in [7, 11) is 0. The Kier molecular flexibility index (Phi) is 30.7. The van der Waals surface area contributed by atoms with E-state index in [0.29, 0.717) is 13.2 Å². The van der Waals surface area contributed by atoms with Crippen molar-refractivity contribution < 1.29 is 19.4 Å². The lowest BCUT2D eigenvalue weighted by molar-refractivity contribution is -0.137. The van der Waals surface area contributed by atoms with Gasteiger partial charge in [0.2, 0.25) is 0 Å². The Hall–Kier alpha value is -0.870. The third-order valence-corrected chi connectivity index (χ3v) is 4.79. The van der Waals surface area contributed by atoms with E-state index >= 15 is 0 Å². The lowest BCUT2D eigenvalue weighted by Crippen LogP contribution is -2.01. The highest BCUT2D eigenvalue weighted by molar-refractivity contribution is 5.81. The quantitative estimate of drug-likeness (QED) is 0.125. The summed E-state index contributed by atoms with van der Waals surface area (Å²) in [5.41, 5.74) is 0. The zero-order valence-electron chi connectivity index (χ0n) is 19.6. The summed E-state index contributed by atoms with van der Waals surface area (Å²) >= 11 is 0. The summed E-state index contributed by atoms with van der Waals surface area (Å²) in [6, 6.07) is 0. The fourth-order valence-electron chi connectivity index (χ4n) is 2.97. The molecule has 0 heterocycles. The second-order valence-electron chi connectivity index (χ2n) is 7.66. The maximum Gasteiger partial charge on any atom is 0.330 e. The second kappa shape index (κ2) is 29.3. The monoisotopic (exact) mass is 414 g/mol. The molecule has 0 atom stereocenters. The summed E-state index contributed by atoms with van der Waals surface area (Å²) in [5.74, 6) is -0.307. The topological polar surface area (TPSA) is 55.8 Å². The number of aliphatic hydroxyl groups is 1. The number of unbranched alkanes of at least 4 members (excludes halogenated alkanes) is 14. The number of hydrogen-bond donors (Lipinski definition) is 1. The second-order valence-corrected chi connectivity index (χ2v) is 7.66. The Labute approximate surface area is 181 Å². The molecule has 0 aromatic carbocycles. The molecule has 0 fully saturated rings. The van der Waals surface area contributed by atoms with Gasteiger partial charge in [-0.1, -0.05) is 110 Å². The van der Waals surface area contributed by atoms with Crippen LogP contribution in [0.2, 0.25) is 0 Å². The molecule has 0 saturated heterocycles. The fraction of sp³-hybridized carbons (Fsp3) is 0.880. The van der Waals surface area contributed by atoms with Crippen LogP contribution in [-0.4, -0.2) is 37.5 Å². The van der Waals surface area contributed by atoms with E-state index in [2.05, 4.69) is 20.4 Å². The van der Waals surface area contributed by atoms with Crippen LogP contribution in [0.1, 0.15) is 117 Å². The van der Waals surface area contributed by atoms with Crippen molar-refractivity contribution in [1.29, 1.82) is 0 Å². The summed E-state index contributed by atoms with van der Waals surface area (Å²) in [6.07, 6.45) is 21.9. The smallest absolute Gasteiger partial charge is 0.330 e. The van der Waals surface area contributed by atoms with Gasteiger partial charge in [-0.25, -0.2) is 4.79 Å². The van der Waals surface area contributed by atoms with Crippen LogP contribution >= 0.6 is 0 Å². The first-order valence-corrected chi connectivity index (χ1v) is 12.2. The zero-order valence-corrected chi connectivity index (χ0v) is 19.6. The molecule has 0 aromatic heterocycles. The van der Waals surface area contributed by atoms with Crippen molar-refractivity contribution in [2.75, 3.05) is 26.4 Å². The van der Waals surface area contributed by atoms with Gasteiger partial charge in [0.15, 0.2) is 0 Å². The Morgan fingerprint density at radius 1 is 0.690 bits per heavy atom. The van der Waals surface area contributed by atoms with Crippen LogP contribution in [0.25, 0.3) is 0 Å². The molecule has 0 spiro atoms. The zero-order chi connectivity index (χ0) is 21.8. The van der Waals surface area contributed by atoms with Crippen molar-refractivity contribution in [3.8, 4) is 0 Å². The van der Waals surface area contributed by atoms with Gasteiger partial charge in [-0.15, -0.1) is 0 Å². The number of esters is 1. The SMILES string of the molecule is C=CC(=O)OCCCCCCCCCC.CCCCCCCCCCOCCO. The lowest BCUT2D eigenvalue weighted by atomic mass is 10.1. The van der Waals surface area contributed by atoms with Crippen molar-refractivity contribution >= 4 is 5.97 Å². The van der Waals surface area contributed by atoms with Gasteiger partial charge in [-0.05, 0) is 12.8 Å². The van der Waals surface area contributed by atoms with Gasteiger partial charge < -0.3 is 14.6 Å². The molecular formula is C25H50O4. The summed E-state index contributed by atoms with van der Waals surface area (Å²) in [6.45, 7) is 9.82. The molecule has 1 N–H and O–H groups in total. The van der Waals surface area contributed by atoms with Gasteiger partial charge >= 0.3 is 5.97 Å². The number of carbonyl (C=O) groups is 1. The normalized spacial score (nSPS) is 10.3. The largest absolute Gasteiger partial charge is 0.463 e. The number of rotatable bonds is 21. The first-order chi connectivity index (χ1) is 14.2. The summed E-state index contributed by atoms with van der Waals surface area (Å²) in [5, 5.41) is 8.46. The third kappa shape index (κ3) is 32.0. The van der Waals surface area contributed by atoms with Gasteiger partial charge in [-0.3, -0.25) is 0 Å². The van der Waals surface area contributed by atoms with Gasteiger partial charge in [0.1, 0.15) is 0 Å². The average molecular weight is 415 g/mol. The number of carbonyl (C=O) groups excluding carboxylic acids is 1. The van der Waals surface area contributed by atoms with Crippen molar-refractivity contribution in [3.63, 3.8) is 0 Å². The molecule has 29 heavy (non-hydrogen) atoms. The van der Waals surface area contributed by atoms with E-state index < -0.39 is 0 Å².